The highest BCUT2D eigenvalue weighted by atomic mass is 16.7. The molecule has 4 fully saturated rings. The predicted molar refractivity (Wildman–Crippen MR) is 184 cm³/mol. The highest BCUT2D eigenvalue weighted by Gasteiger charge is 2.44. The summed E-state index contributed by atoms with van der Waals surface area (Å²) in [5.74, 6) is -0.638. The van der Waals surface area contributed by atoms with Crippen LogP contribution in [0.15, 0.2) is 48.5 Å². The van der Waals surface area contributed by atoms with E-state index in [9.17, 15) is 9.59 Å². The van der Waals surface area contributed by atoms with E-state index in [1.807, 2.05) is 24.3 Å². The topological polar surface area (TPSA) is 114 Å². The van der Waals surface area contributed by atoms with E-state index >= 15 is 0 Å². The van der Waals surface area contributed by atoms with Crippen molar-refractivity contribution in [1.82, 2.24) is 10.6 Å². The van der Waals surface area contributed by atoms with Gasteiger partial charge in [0.2, 0.25) is 0 Å². The molecule has 49 heavy (non-hydrogen) atoms. The zero-order valence-electron chi connectivity index (χ0n) is 30.4. The molecule has 0 saturated carbocycles. The average molecular weight is 679 g/mol. The largest absolute Gasteiger partial charge is 0.459 e. The second-order valence-electron chi connectivity index (χ2n) is 17.3. The zero-order chi connectivity index (χ0) is 35.2. The normalized spacial score (nSPS) is 29.6. The summed E-state index contributed by atoms with van der Waals surface area (Å²) >= 11 is 0. The summed E-state index contributed by atoms with van der Waals surface area (Å²) in [4.78, 5) is 25.9. The molecule has 268 valence electrons. The van der Waals surface area contributed by atoms with Crippen molar-refractivity contribution in [3.8, 4) is 0 Å². The molecular weight excluding hydrogens is 624 g/mol. The summed E-state index contributed by atoms with van der Waals surface area (Å²) in [6.45, 7) is 18.7. The maximum Gasteiger partial charge on any atom is 0.338 e. The third-order valence-corrected chi connectivity index (χ3v) is 9.85. The Bertz CT molecular complexity index is 1330. The van der Waals surface area contributed by atoms with E-state index in [1.165, 1.54) is 0 Å². The van der Waals surface area contributed by atoms with Gasteiger partial charge in [-0.1, -0.05) is 24.3 Å². The first-order chi connectivity index (χ1) is 22.9. The van der Waals surface area contributed by atoms with E-state index in [0.29, 0.717) is 37.6 Å². The van der Waals surface area contributed by atoms with Crippen molar-refractivity contribution in [3.05, 3.63) is 70.8 Å². The Labute approximate surface area is 290 Å². The first kappa shape index (κ1) is 35.9. The lowest BCUT2D eigenvalue weighted by Crippen LogP contribution is -2.59. The fourth-order valence-electron chi connectivity index (χ4n) is 8.36. The molecule has 2 N–H and O–H groups in total. The van der Waals surface area contributed by atoms with Crippen molar-refractivity contribution in [2.45, 2.75) is 128 Å². The van der Waals surface area contributed by atoms with Gasteiger partial charge in [0.05, 0.1) is 43.0 Å². The van der Waals surface area contributed by atoms with Crippen molar-refractivity contribution in [1.29, 1.82) is 0 Å². The van der Waals surface area contributed by atoms with Gasteiger partial charge in [0.1, 0.15) is 12.2 Å². The standard InChI is InChI=1S/C39H54N2O8/c1-35(2)17-29(18-36(3,4)40-35)48-31(42)25-9-13-27(14-10-25)33-44-21-39(22-45-33)23-46-34(47-24-39)28-15-11-26(12-16-28)32(43)49-30-19-37(5,6)41-38(7,8)20-30/h9-16,29-30,33-34,40-41H,17-24H2,1-8H3. The van der Waals surface area contributed by atoms with Crippen LogP contribution in [0.1, 0.15) is 125 Å². The van der Waals surface area contributed by atoms with Crippen LogP contribution >= 0.6 is 0 Å². The zero-order valence-corrected chi connectivity index (χ0v) is 30.4. The van der Waals surface area contributed by atoms with E-state index in [4.69, 9.17) is 28.4 Å². The first-order valence-corrected chi connectivity index (χ1v) is 17.6. The quantitative estimate of drug-likeness (QED) is 0.333. The third-order valence-electron chi connectivity index (χ3n) is 9.85. The number of hydrogen-bond acceptors (Lipinski definition) is 10. The van der Waals surface area contributed by atoms with E-state index in [-0.39, 0.29) is 46.3 Å². The SMILES string of the molecule is CC1(C)CC(OC(=O)c2ccc(C3OCC4(CO3)COC(c3ccc(C(=O)OC5CC(C)(C)NC(C)(C)C5)cc3)OC4)cc2)CC(C)(C)N1. The van der Waals surface area contributed by atoms with Gasteiger partial charge in [-0.05, 0) is 79.7 Å². The van der Waals surface area contributed by atoms with Crippen molar-refractivity contribution in [3.63, 3.8) is 0 Å². The summed E-state index contributed by atoms with van der Waals surface area (Å²) in [5, 5.41) is 7.24. The van der Waals surface area contributed by atoms with Crippen LogP contribution in [-0.4, -0.2) is 72.7 Å². The number of carbonyl (C=O) groups is 2. The van der Waals surface area contributed by atoms with E-state index in [1.54, 1.807) is 24.3 Å². The monoisotopic (exact) mass is 678 g/mol. The van der Waals surface area contributed by atoms with Gasteiger partial charge < -0.3 is 39.1 Å². The minimum atomic E-state index is -0.547. The summed E-state index contributed by atoms with van der Waals surface area (Å²) in [6.07, 6.45) is 1.67. The lowest BCUT2D eigenvalue weighted by molar-refractivity contribution is -0.307. The third kappa shape index (κ3) is 8.90. The molecule has 0 bridgehead atoms. The Balaban J connectivity index is 0.962. The van der Waals surface area contributed by atoms with Crippen molar-refractivity contribution in [2.75, 3.05) is 26.4 Å². The molecule has 0 unspecified atom stereocenters. The molecule has 0 radical (unpaired) electrons. The minimum absolute atomic E-state index is 0.107. The van der Waals surface area contributed by atoms with Gasteiger partial charge in [0.15, 0.2) is 12.6 Å². The molecule has 0 aliphatic carbocycles. The Kier molecular flexibility index (Phi) is 9.80. The first-order valence-electron chi connectivity index (χ1n) is 17.6. The second kappa shape index (κ2) is 13.4. The van der Waals surface area contributed by atoms with Crippen LogP contribution in [0.4, 0.5) is 0 Å². The summed E-state index contributed by atoms with van der Waals surface area (Å²) in [6, 6.07) is 14.5. The number of esters is 2. The van der Waals surface area contributed by atoms with Crippen LogP contribution < -0.4 is 10.6 Å². The molecule has 4 heterocycles. The van der Waals surface area contributed by atoms with Crippen LogP contribution in [0.25, 0.3) is 0 Å². The van der Waals surface area contributed by atoms with E-state index in [0.717, 1.165) is 36.8 Å². The van der Waals surface area contributed by atoms with Crippen LogP contribution in [0.3, 0.4) is 0 Å². The van der Waals surface area contributed by atoms with Crippen molar-refractivity contribution < 1.29 is 38.0 Å². The Hall–Kier alpha value is -2.86. The number of ether oxygens (including phenoxy) is 6. The molecule has 0 aromatic heterocycles. The molecule has 0 amide bonds. The van der Waals surface area contributed by atoms with Gasteiger partial charge in [0, 0.05) is 59.0 Å². The fourth-order valence-corrected chi connectivity index (χ4v) is 8.36. The number of rotatable bonds is 6. The van der Waals surface area contributed by atoms with Gasteiger partial charge in [-0.3, -0.25) is 0 Å². The van der Waals surface area contributed by atoms with Gasteiger partial charge in [-0.25, -0.2) is 9.59 Å². The molecule has 1 spiro atoms. The molecule has 4 aliphatic heterocycles. The second-order valence-corrected chi connectivity index (χ2v) is 17.3. The van der Waals surface area contributed by atoms with Crippen LogP contribution in [0, 0.1) is 5.41 Å². The van der Waals surface area contributed by atoms with Gasteiger partial charge in [-0.15, -0.1) is 0 Å². The molecule has 4 aliphatic rings. The summed E-state index contributed by atoms with van der Waals surface area (Å²) in [7, 11) is 0. The maximum absolute atomic E-state index is 13.0. The number of piperidine rings is 2. The fraction of sp³-hybridized carbons (Fsp3) is 0.641. The number of nitrogens with one attached hydrogen (secondary N) is 2. The smallest absolute Gasteiger partial charge is 0.338 e. The molecular formula is C39H54N2O8. The minimum Gasteiger partial charge on any atom is -0.459 e. The van der Waals surface area contributed by atoms with Gasteiger partial charge >= 0.3 is 11.9 Å². The molecule has 10 heteroatoms. The van der Waals surface area contributed by atoms with Crippen molar-refractivity contribution >= 4 is 11.9 Å². The van der Waals surface area contributed by atoms with Gasteiger partial charge in [-0.2, -0.15) is 0 Å². The lowest BCUT2D eigenvalue weighted by atomic mass is 9.81. The van der Waals surface area contributed by atoms with Crippen LogP contribution in [0.5, 0.6) is 0 Å². The van der Waals surface area contributed by atoms with Crippen LogP contribution in [-0.2, 0) is 28.4 Å². The highest BCUT2D eigenvalue weighted by molar-refractivity contribution is 5.90. The summed E-state index contributed by atoms with van der Waals surface area (Å²) < 4.78 is 36.4. The van der Waals surface area contributed by atoms with Gasteiger partial charge in [0.25, 0.3) is 0 Å². The maximum atomic E-state index is 13.0. The predicted octanol–water partition coefficient (Wildman–Crippen LogP) is 6.40. The Morgan fingerprint density at radius 2 is 0.816 bits per heavy atom. The number of carbonyl (C=O) groups excluding carboxylic acids is 2. The number of benzene rings is 2. The molecule has 6 rings (SSSR count). The molecule has 2 aromatic carbocycles. The molecule has 2 aromatic rings. The molecule has 4 saturated heterocycles. The average Bonchev–Trinajstić information content (AvgIpc) is 2.99. The summed E-state index contributed by atoms with van der Waals surface area (Å²) in [5.41, 5.74) is 1.82. The van der Waals surface area contributed by atoms with E-state index in [2.05, 4.69) is 66.0 Å². The highest BCUT2D eigenvalue weighted by Crippen LogP contribution is 2.39. The Morgan fingerprint density at radius 3 is 1.10 bits per heavy atom. The number of hydrogen-bond donors (Lipinski definition) is 2. The Morgan fingerprint density at radius 1 is 0.531 bits per heavy atom. The lowest BCUT2D eigenvalue weighted by Gasteiger charge is -2.45. The van der Waals surface area contributed by atoms with Crippen LogP contribution in [0.2, 0.25) is 0 Å². The molecule has 10 nitrogen and oxygen atoms in total. The van der Waals surface area contributed by atoms with E-state index < -0.39 is 18.0 Å². The molecule has 0 atom stereocenters. The van der Waals surface area contributed by atoms with Crippen molar-refractivity contribution in [2.24, 2.45) is 5.41 Å².